The molecule has 92 valence electrons. The van der Waals surface area contributed by atoms with E-state index in [-0.39, 0.29) is 12.2 Å². The fourth-order valence-corrected chi connectivity index (χ4v) is 3.47. The summed E-state index contributed by atoms with van der Waals surface area (Å²) in [4.78, 5) is 4.35. The fraction of sp³-hybridized carbons (Fsp3) is 0.364. The van der Waals surface area contributed by atoms with Gasteiger partial charge in [-0.2, -0.15) is 0 Å². The molecule has 0 radical (unpaired) electrons. The molecule has 0 saturated carbocycles. The van der Waals surface area contributed by atoms with Crippen LogP contribution in [0.2, 0.25) is 0 Å². The summed E-state index contributed by atoms with van der Waals surface area (Å²) in [5, 5.41) is 10.4. The minimum Gasteiger partial charge on any atom is -0.392 e. The molecule has 6 heteroatoms. The minimum atomic E-state index is -3.15. The van der Waals surface area contributed by atoms with Gasteiger partial charge in [0.05, 0.1) is 27.1 Å². The Morgan fingerprint density at radius 1 is 1.41 bits per heavy atom. The summed E-state index contributed by atoms with van der Waals surface area (Å²) in [6, 6.07) is 7.69. The third-order valence-electron chi connectivity index (χ3n) is 2.24. The molecule has 2 aromatic rings. The number of aliphatic hydroxyl groups is 1. The average molecular weight is 271 g/mol. The van der Waals surface area contributed by atoms with E-state index in [4.69, 9.17) is 0 Å². The number of aliphatic hydroxyl groups excluding tert-OH is 1. The van der Waals surface area contributed by atoms with Gasteiger partial charge in [-0.15, -0.1) is 11.3 Å². The number of aromatic nitrogens is 1. The first kappa shape index (κ1) is 12.5. The van der Waals surface area contributed by atoms with E-state index < -0.39 is 15.9 Å². The van der Waals surface area contributed by atoms with Crippen LogP contribution < -0.4 is 0 Å². The number of fused-ring (bicyclic) bond motifs is 1. The van der Waals surface area contributed by atoms with Crippen LogP contribution in [-0.2, 0) is 16.3 Å². The second-order valence-corrected chi connectivity index (χ2v) is 7.33. The molecule has 1 atom stereocenters. The van der Waals surface area contributed by atoms with Crippen molar-refractivity contribution >= 4 is 31.4 Å². The minimum absolute atomic E-state index is 0.219. The van der Waals surface area contributed by atoms with Gasteiger partial charge in [-0.25, -0.2) is 13.4 Å². The van der Waals surface area contributed by atoms with Crippen molar-refractivity contribution in [1.29, 1.82) is 0 Å². The summed E-state index contributed by atoms with van der Waals surface area (Å²) in [7, 11) is -3.15. The van der Waals surface area contributed by atoms with Crippen molar-refractivity contribution in [2.24, 2.45) is 0 Å². The second-order valence-electron chi connectivity index (χ2n) is 4.03. The van der Waals surface area contributed by atoms with Gasteiger partial charge in [-0.05, 0) is 12.1 Å². The van der Waals surface area contributed by atoms with Gasteiger partial charge in [0.25, 0.3) is 0 Å². The van der Waals surface area contributed by atoms with Gasteiger partial charge in [0.2, 0.25) is 0 Å². The zero-order valence-corrected chi connectivity index (χ0v) is 11.0. The molecule has 0 aliphatic carbocycles. The second kappa shape index (κ2) is 4.72. The van der Waals surface area contributed by atoms with E-state index in [1.807, 2.05) is 24.3 Å². The number of hydrogen-bond donors (Lipinski definition) is 1. The summed E-state index contributed by atoms with van der Waals surface area (Å²) in [5.74, 6) is -0.219. The molecule has 1 aromatic carbocycles. The van der Waals surface area contributed by atoms with Gasteiger partial charge in [0.15, 0.2) is 0 Å². The number of hydrogen-bond acceptors (Lipinski definition) is 5. The molecule has 1 N–H and O–H groups in total. The van der Waals surface area contributed by atoms with Crippen molar-refractivity contribution in [3.63, 3.8) is 0 Å². The highest BCUT2D eigenvalue weighted by Crippen LogP contribution is 2.22. The lowest BCUT2D eigenvalue weighted by molar-refractivity contribution is 0.198. The monoisotopic (exact) mass is 271 g/mol. The summed E-state index contributed by atoms with van der Waals surface area (Å²) in [6.45, 7) is 0. The van der Waals surface area contributed by atoms with Gasteiger partial charge < -0.3 is 5.11 Å². The Morgan fingerprint density at radius 2 is 2.12 bits per heavy atom. The smallest absolute Gasteiger partial charge is 0.150 e. The van der Waals surface area contributed by atoms with Crippen molar-refractivity contribution in [1.82, 2.24) is 4.98 Å². The molecule has 0 amide bonds. The fourth-order valence-electron chi connectivity index (χ4n) is 1.62. The summed E-state index contributed by atoms with van der Waals surface area (Å²) in [6.07, 6.45) is 0.520. The van der Waals surface area contributed by atoms with Crippen LogP contribution in [0, 0.1) is 0 Å². The molecule has 0 fully saturated rings. The standard InChI is InChI=1S/C11H13NO3S2/c1-17(14,15)7-8(13)6-11-12-9-4-2-3-5-10(9)16-11/h2-5,8,13H,6-7H2,1H3. The molecule has 17 heavy (non-hydrogen) atoms. The highest BCUT2D eigenvalue weighted by molar-refractivity contribution is 7.90. The van der Waals surface area contributed by atoms with E-state index in [0.29, 0.717) is 0 Å². The SMILES string of the molecule is CS(=O)(=O)CC(O)Cc1nc2ccccc2s1. The zero-order valence-electron chi connectivity index (χ0n) is 9.33. The van der Waals surface area contributed by atoms with E-state index >= 15 is 0 Å². The Bertz CT molecular complexity index is 585. The number of para-hydroxylation sites is 1. The molecule has 4 nitrogen and oxygen atoms in total. The van der Waals surface area contributed by atoms with Gasteiger partial charge in [0.1, 0.15) is 9.84 Å². The molecule has 0 bridgehead atoms. The van der Waals surface area contributed by atoms with Crippen LogP contribution in [0.5, 0.6) is 0 Å². The molecule has 0 aliphatic heterocycles. The van der Waals surface area contributed by atoms with Gasteiger partial charge in [0, 0.05) is 12.7 Å². The van der Waals surface area contributed by atoms with E-state index in [1.165, 1.54) is 11.3 Å². The van der Waals surface area contributed by atoms with Crippen molar-refractivity contribution < 1.29 is 13.5 Å². The van der Waals surface area contributed by atoms with Crippen LogP contribution in [0.25, 0.3) is 10.2 Å². The molecular weight excluding hydrogens is 258 g/mol. The molecule has 1 aromatic heterocycles. The lowest BCUT2D eigenvalue weighted by Crippen LogP contribution is -2.21. The maximum Gasteiger partial charge on any atom is 0.150 e. The molecule has 0 aliphatic rings. The van der Waals surface area contributed by atoms with Crippen LogP contribution in [0.1, 0.15) is 5.01 Å². The van der Waals surface area contributed by atoms with Gasteiger partial charge in [-0.3, -0.25) is 0 Å². The number of sulfone groups is 1. The molecule has 0 spiro atoms. The summed E-state index contributed by atoms with van der Waals surface area (Å²) < 4.78 is 23.1. The Kier molecular flexibility index (Phi) is 3.46. The maximum absolute atomic E-state index is 11.0. The maximum atomic E-state index is 11.0. The Labute approximate surface area is 104 Å². The Morgan fingerprint density at radius 3 is 2.76 bits per heavy atom. The van der Waals surface area contributed by atoms with Crippen molar-refractivity contribution in [3.8, 4) is 0 Å². The van der Waals surface area contributed by atoms with Gasteiger partial charge >= 0.3 is 0 Å². The third kappa shape index (κ3) is 3.49. The molecule has 1 heterocycles. The number of nitrogens with zero attached hydrogens (tertiary/aromatic N) is 1. The lowest BCUT2D eigenvalue weighted by Gasteiger charge is -2.05. The first-order valence-electron chi connectivity index (χ1n) is 5.14. The van der Waals surface area contributed by atoms with E-state index in [2.05, 4.69) is 4.98 Å². The molecule has 2 rings (SSSR count). The van der Waals surface area contributed by atoms with Gasteiger partial charge in [-0.1, -0.05) is 12.1 Å². The van der Waals surface area contributed by atoms with Crippen LogP contribution in [0.15, 0.2) is 24.3 Å². The quantitative estimate of drug-likeness (QED) is 0.908. The lowest BCUT2D eigenvalue weighted by atomic mass is 10.3. The predicted molar refractivity (Wildman–Crippen MR) is 69.0 cm³/mol. The van der Waals surface area contributed by atoms with Crippen molar-refractivity contribution in [3.05, 3.63) is 29.3 Å². The van der Waals surface area contributed by atoms with E-state index in [1.54, 1.807) is 0 Å². The molecule has 0 saturated heterocycles. The van der Waals surface area contributed by atoms with Crippen LogP contribution in [0.4, 0.5) is 0 Å². The topological polar surface area (TPSA) is 67.3 Å². The first-order chi connectivity index (χ1) is 7.94. The Hall–Kier alpha value is -0.980. The summed E-state index contributed by atoms with van der Waals surface area (Å²) >= 11 is 1.49. The number of thiazole rings is 1. The van der Waals surface area contributed by atoms with E-state index in [9.17, 15) is 13.5 Å². The highest BCUT2D eigenvalue weighted by Gasteiger charge is 2.15. The Balaban J connectivity index is 2.13. The normalized spacial score (nSPS) is 14.0. The third-order valence-corrected chi connectivity index (χ3v) is 4.29. The van der Waals surface area contributed by atoms with Crippen LogP contribution in [-0.4, -0.2) is 36.6 Å². The number of benzene rings is 1. The average Bonchev–Trinajstić information content (AvgIpc) is 2.55. The number of rotatable bonds is 4. The largest absolute Gasteiger partial charge is 0.392 e. The summed E-state index contributed by atoms with van der Waals surface area (Å²) in [5.41, 5.74) is 0.888. The first-order valence-corrected chi connectivity index (χ1v) is 8.02. The van der Waals surface area contributed by atoms with Crippen LogP contribution in [0.3, 0.4) is 0 Å². The van der Waals surface area contributed by atoms with Crippen molar-refractivity contribution in [2.45, 2.75) is 12.5 Å². The molecular formula is C11H13NO3S2. The highest BCUT2D eigenvalue weighted by atomic mass is 32.2. The van der Waals surface area contributed by atoms with E-state index in [0.717, 1.165) is 21.5 Å². The van der Waals surface area contributed by atoms with Crippen LogP contribution >= 0.6 is 11.3 Å². The molecule has 1 unspecified atom stereocenters. The van der Waals surface area contributed by atoms with Crippen molar-refractivity contribution in [2.75, 3.05) is 12.0 Å². The zero-order chi connectivity index (χ0) is 12.5. The predicted octanol–water partition coefficient (Wildman–Crippen LogP) is 1.24.